The Hall–Kier alpha value is 1.27. The summed E-state index contributed by atoms with van der Waals surface area (Å²) < 4.78 is 11.5. The van der Waals surface area contributed by atoms with Gasteiger partial charge in [-0.2, -0.15) is 0 Å². The van der Waals surface area contributed by atoms with Crippen LogP contribution in [-0.2, 0) is 19.1 Å². The first-order valence-corrected chi connectivity index (χ1v) is 18.3. The molecule has 4 atom stereocenters. The third-order valence-corrected chi connectivity index (χ3v) is 6.18. The Kier molecular flexibility index (Phi) is 17.9. The van der Waals surface area contributed by atoms with Crippen molar-refractivity contribution in [2.45, 2.75) is 26.7 Å². The van der Waals surface area contributed by atoms with Crippen molar-refractivity contribution in [2.24, 2.45) is 23.7 Å². The lowest BCUT2D eigenvalue weighted by molar-refractivity contribution is -0.142. The number of nitrogens with zero attached hydrogens (tertiary/aromatic N) is 2. The lowest BCUT2D eigenvalue weighted by Crippen LogP contribution is -2.25. The second-order valence-corrected chi connectivity index (χ2v) is 11.0. The number of carbonyl (C=O) groups is 2. The highest BCUT2D eigenvalue weighted by Crippen LogP contribution is 2.25. The summed E-state index contributed by atoms with van der Waals surface area (Å²) in [4.78, 5) is 26.9. The number of ketones is 1. The van der Waals surface area contributed by atoms with Gasteiger partial charge in [-0.05, 0) is 35.5 Å². The normalized spacial score (nSPS) is 27.0. The molecule has 2 fully saturated rings. The summed E-state index contributed by atoms with van der Waals surface area (Å²) in [7, 11) is 1.96. The van der Waals surface area contributed by atoms with E-state index >= 15 is 0 Å². The molecule has 2 saturated heterocycles. The summed E-state index contributed by atoms with van der Waals surface area (Å²) in [6.07, 6.45) is 5.22. The van der Waals surface area contributed by atoms with Crippen LogP contribution in [0.15, 0.2) is 0 Å². The molecule has 0 aliphatic carbocycles. The van der Waals surface area contributed by atoms with E-state index in [4.69, 9.17) is 5.11 Å². The van der Waals surface area contributed by atoms with Gasteiger partial charge in [-0.15, -0.1) is 24.0 Å². The van der Waals surface area contributed by atoms with Gasteiger partial charge >= 0.3 is 5.97 Å². The van der Waals surface area contributed by atoms with Crippen LogP contribution in [0.1, 0.15) is 26.7 Å². The predicted molar refractivity (Wildman–Crippen MR) is 152 cm³/mol. The molecule has 2 aliphatic rings. The van der Waals surface area contributed by atoms with Crippen LogP contribution in [0.25, 0.3) is 0 Å². The largest absolute Gasteiger partial charge is 0.481 e. The first kappa shape index (κ1) is 32.4. The fraction of sp³-hybridized carbons (Fsp3) is 0.842. The van der Waals surface area contributed by atoms with Crippen LogP contribution in [-0.4, -0.2) is 89.0 Å². The highest BCUT2D eigenvalue weighted by Gasteiger charge is 2.35. The quantitative estimate of drug-likeness (QED) is 0.341. The third kappa shape index (κ3) is 12.2. The van der Waals surface area contributed by atoms with Crippen molar-refractivity contribution < 1.29 is 18.9 Å². The standard InChI is InChI=1S/C11H21NO2S.C8H15NO2.I2.HI/c1-5-9-6-12(2)7-10(9)11(13)8-15(3,4)14;1-3-6-4-9(2)5-7(6)8(10)11;1-2;/h8-10H,5-7H2,1-4H3;6-7H,3-5H2,1-2H3,(H,10,11);;1H/t9-,10+;6-,7+;;/m11../s1. The minimum Gasteiger partial charge on any atom is -0.481 e. The van der Waals surface area contributed by atoms with Crippen molar-refractivity contribution in [3.05, 3.63) is 0 Å². The number of hydrogen-bond donors (Lipinski definition) is 1. The number of hydrogen-bond acceptors (Lipinski definition) is 5. The average Bonchev–Trinajstić information content (AvgIpc) is 3.18. The Morgan fingerprint density at radius 2 is 1.34 bits per heavy atom. The van der Waals surface area contributed by atoms with Gasteiger partial charge in [-0.25, -0.2) is 0 Å². The van der Waals surface area contributed by atoms with Gasteiger partial charge in [0.05, 0.1) is 5.92 Å². The van der Waals surface area contributed by atoms with E-state index < -0.39 is 15.5 Å². The summed E-state index contributed by atoms with van der Waals surface area (Å²) in [6.45, 7) is 7.61. The molecule has 174 valence electrons. The Balaban J connectivity index is 0. The Morgan fingerprint density at radius 1 is 0.966 bits per heavy atom. The molecule has 2 aliphatic heterocycles. The summed E-state index contributed by atoms with van der Waals surface area (Å²) >= 11 is 4.24. The second kappa shape index (κ2) is 16.0. The number of carbonyl (C=O) groups excluding carboxylic acids is 1. The Morgan fingerprint density at radius 3 is 1.66 bits per heavy atom. The van der Waals surface area contributed by atoms with Gasteiger partial charge < -0.3 is 14.9 Å². The van der Waals surface area contributed by atoms with E-state index in [-0.39, 0.29) is 41.6 Å². The number of halogens is 3. The Labute approximate surface area is 217 Å². The number of carboxylic acids is 1. The van der Waals surface area contributed by atoms with Crippen LogP contribution in [0.2, 0.25) is 0 Å². The van der Waals surface area contributed by atoms with Crippen molar-refractivity contribution >= 4 is 87.9 Å². The molecule has 1 N–H and O–H groups in total. The van der Waals surface area contributed by atoms with Gasteiger partial charge in [0.25, 0.3) is 0 Å². The molecule has 0 aromatic heterocycles. The molecule has 0 unspecified atom stereocenters. The molecule has 2 rings (SSSR count). The number of Topliss-reactive ketones (excluding diaryl/α,β-unsaturated/α-hetero) is 1. The first-order valence-electron chi connectivity index (χ1n) is 9.55. The number of rotatable bonds is 5. The highest BCUT2D eigenvalue weighted by atomic mass is 128. The SMILES string of the molecule is CC[C@@H]1CN(C)C[C@@H]1C(=O)C=S(C)(C)=O.CC[C@@H]1CN(C)C[C@@H]1C(=O)O.I.II. The maximum atomic E-state index is 11.9. The van der Waals surface area contributed by atoms with Gasteiger partial charge in [0.2, 0.25) is 0 Å². The molecule has 0 spiro atoms. The van der Waals surface area contributed by atoms with Gasteiger partial charge in [0.15, 0.2) is 5.78 Å². The predicted octanol–water partition coefficient (Wildman–Crippen LogP) is 3.54. The molecule has 0 bridgehead atoms. The van der Waals surface area contributed by atoms with Crippen molar-refractivity contribution in [3.8, 4) is 0 Å². The minimum absolute atomic E-state index is 0. The number of carboxylic acid groups (broad SMARTS) is 1. The molecule has 0 amide bonds. The van der Waals surface area contributed by atoms with E-state index in [1.807, 2.05) is 14.1 Å². The summed E-state index contributed by atoms with van der Waals surface area (Å²) in [5.41, 5.74) is 0. The maximum absolute atomic E-state index is 11.9. The molecule has 0 saturated carbocycles. The lowest BCUT2D eigenvalue weighted by atomic mass is 9.91. The van der Waals surface area contributed by atoms with Gasteiger partial charge in [-0.1, -0.05) is 26.7 Å². The van der Waals surface area contributed by atoms with Crippen molar-refractivity contribution in [1.29, 1.82) is 0 Å². The molecule has 0 aromatic rings. The zero-order valence-corrected chi connectivity index (χ0v) is 25.7. The summed E-state index contributed by atoms with van der Waals surface area (Å²) in [6, 6.07) is 0. The smallest absolute Gasteiger partial charge is 0.308 e. The third-order valence-electron chi connectivity index (χ3n) is 5.38. The molecule has 0 aromatic carbocycles. The van der Waals surface area contributed by atoms with E-state index in [1.54, 1.807) is 12.5 Å². The van der Waals surface area contributed by atoms with Gasteiger partial charge in [0.1, 0.15) is 0 Å². The highest BCUT2D eigenvalue weighted by molar-refractivity contribution is 15.0. The molecule has 10 heteroatoms. The van der Waals surface area contributed by atoms with Crippen LogP contribution in [0.4, 0.5) is 0 Å². The number of likely N-dealkylation sites (tertiary alicyclic amines) is 2. The van der Waals surface area contributed by atoms with E-state index in [2.05, 4.69) is 60.9 Å². The maximum Gasteiger partial charge on any atom is 0.308 e. The van der Waals surface area contributed by atoms with E-state index in [9.17, 15) is 13.8 Å². The molecule has 0 radical (unpaired) electrons. The van der Waals surface area contributed by atoms with Crippen LogP contribution >= 0.6 is 61.2 Å². The summed E-state index contributed by atoms with van der Waals surface area (Å²) in [5, 5.41) is 10.2. The zero-order chi connectivity index (χ0) is 22.1. The monoisotopic (exact) mass is 770 g/mol. The minimum atomic E-state index is -2.05. The summed E-state index contributed by atoms with van der Waals surface area (Å²) in [5.74, 6) is 0.145. The Bertz CT molecular complexity index is 619. The number of aliphatic carboxylic acids is 1. The average molecular weight is 770 g/mol. The van der Waals surface area contributed by atoms with Crippen LogP contribution < -0.4 is 0 Å². The van der Waals surface area contributed by atoms with Crippen LogP contribution in [0.5, 0.6) is 0 Å². The van der Waals surface area contributed by atoms with Crippen molar-refractivity contribution in [2.75, 3.05) is 52.8 Å². The lowest BCUT2D eigenvalue weighted by Gasteiger charge is -2.13. The van der Waals surface area contributed by atoms with Gasteiger partial charge in [0, 0.05) is 87.2 Å². The molecule has 29 heavy (non-hydrogen) atoms. The molecule has 6 nitrogen and oxygen atoms in total. The van der Waals surface area contributed by atoms with Gasteiger partial charge in [-0.3, -0.25) is 13.8 Å². The topological polar surface area (TPSA) is 77.9 Å². The molecule has 2 heterocycles. The van der Waals surface area contributed by atoms with Crippen molar-refractivity contribution in [3.63, 3.8) is 0 Å². The fourth-order valence-electron chi connectivity index (χ4n) is 3.97. The fourth-order valence-corrected chi connectivity index (χ4v) is 4.70. The molecular weight excluding hydrogens is 733 g/mol. The van der Waals surface area contributed by atoms with E-state index in [0.717, 1.165) is 32.5 Å². The second-order valence-electron chi connectivity index (χ2n) is 8.16. The van der Waals surface area contributed by atoms with Crippen LogP contribution in [0, 0.1) is 23.7 Å². The van der Waals surface area contributed by atoms with Crippen LogP contribution in [0.3, 0.4) is 0 Å². The molecular formula is C19H37I3N2O4S. The van der Waals surface area contributed by atoms with Crippen molar-refractivity contribution in [1.82, 2.24) is 9.80 Å². The zero-order valence-electron chi connectivity index (χ0n) is 18.3. The van der Waals surface area contributed by atoms with E-state index in [1.165, 1.54) is 5.37 Å². The van der Waals surface area contributed by atoms with E-state index in [0.29, 0.717) is 18.4 Å². The first-order chi connectivity index (χ1) is 13.0.